The molecule has 0 saturated carbocycles. The molecule has 0 atom stereocenters. The Bertz CT molecular complexity index is 260. The summed E-state index contributed by atoms with van der Waals surface area (Å²) in [6.07, 6.45) is 2.27. The molecule has 1 amide bonds. The highest BCUT2D eigenvalue weighted by Gasteiger charge is 2.25. The summed E-state index contributed by atoms with van der Waals surface area (Å²) in [5.41, 5.74) is 0. The highest BCUT2D eigenvalue weighted by atomic mass is 32.1. The molecule has 1 fully saturated rings. The zero-order valence-corrected chi connectivity index (χ0v) is 8.70. The molecule has 0 bridgehead atoms. The highest BCUT2D eigenvalue weighted by molar-refractivity contribution is 7.13. The lowest BCUT2D eigenvalue weighted by Gasteiger charge is -2.35. The molecule has 2 heterocycles. The van der Waals surface area contributed by atoms with E-state index in [0.29, 0.717) is 6.41 Å². The van der Waals surface area contributed by atoms with Crippen molar-refractivity contribution in [3.05, 3.63) is 11.6 Å². The predicted octanol–water partition coefficient (Wildman–Crippen LogP) is -0.314. The Morgan fingerprint density at radius 2 is 2.43 bits per heavy atom. The number of aliphatic hydroxyl groups excluding tert-OH is 1. The summed E-state index contributed by atoms with van der Waals surface area (Å²) >= 11 is 1.61. The van der Waals surface area contributed by atoms with Crippen LogP contribution in [-0.2, 0) is 4.79 Å². The van der Waals surface area contributed by atoms with Crippen molar-refractivity contribution < 1.29 is 9.90 Å². The third-order valence-corrected chi connectivity index (χ3v) is 2.50. The van der Waals surface area contributed by atoms with Crippen LogP contribution < -0.4 is 10.2 Å². The maximum atomic E-state index is 9.06. The summed E-state index contributed by atoms with van der Waals surface area (Å²) in [6, 6.07) is 0. The Balaban J connectivity index is 0.000000213. The molecule has 1 aliphatic heterocycles. The number of thiazole rings is 1. The van der Waals surface area contributed by atoms with Gasteiger partial charge in [-0.05, 0) is 0 Å². The van der Waals surface area contributed by atoms with Crippen molar-refractivity contribution >= 4 is 22.9 Å². The lowest BCUT2D eigenvalue weighted by Crippen LogP contribution is -2.50. The van der Waals surface area contributed by atoms with Gasteiger partial charge < -0.3 is 15.3 Å². The van der Waals surface area contributed by atoms with Gasteiger partial charge in [-0.15, -0.1) is 11.3 Å². The van der Waals surface area contributed by atoms with Gasteiger partial charge in [-0.25, -0.2) is 4.98 Å². The highest BCUT2D eigenvalue weighted by Crippen LogP contribution is 2.22. The Morgan fingerprint density at radius 3 is 2.79 bits per heavy atom. The van der Waals surface area contributed by atoms with E-state index in [2.05, 4.69) is 15.2 Å². The number of amides is 1. The van der Waals surface area contributed by atoms with Crippen molar-refractivity contribution in [3.63, 3.8) is 0 Å². The van der Waals surface area contributed by atoms with Crippen LogP contribution in [0.2, 0.25) is 0 Å². The quantitative estimate of drug-likeness (QED) is 0.664. The van der Waals surface area contributed by atoms with Crippen molar-refractivity contribution in [2.24, 2.45) is 0 Å². The average molecular weight is 215 g/mol. The van der Waals surface area contributed by atoms with Crippen LogP contribution in [0.4, 0.5) is 5.13 Å². The van der Waals surface area contributed by atoms with Crippen LogP contribution in [0.1, 0.15) is 0 Å². The minimum atomic E-state index is -0.135. The standard InChI is InChI=1S/C6H8N2OS.C2H5NO/c9-5-3-8(4-5)6-7-1-2-10-6;1-3-2-4/h1-2,5,9H,3-4H2;2H,1H3,(H,3,4). The number of rotatable bonds is 2. The fourth-order valence-corrected chi connectivity index (χ4v) is 1.65. The third-order valence-electron chi connectivity index (χ3n) is 1.67. The first kappa shape index (κ1) is 10.9. The van der Waals surface area contributed by atoms with Crippen molar-refractivity contribution in [3.8, 4) is 0 Å². The number of carbonyl (C=O) groups excluding carboxylic acids is 1. The maximum absolute atomic E-state index is 9.06. The summed E-state index contributed by atoms with van der Waals surface area (Å²) in [7, 11) is 1.56. The molecule has 0 radical (unpaired) electrons. The molecule has 78 valence electrons. The topological polar surface area (TPSA) is 65.5 Å². The molecule has 0 spiro atoms. The van der Waals surface area contributed by atoms with Crippen LogP contribution in [0.25, 0.3) is 0 Å². The van der Waals surface area contributed by atoms with Crippen LogP contribution in [0.15, 0.2) is 11.6 Å². The van der Waals surface area contributed by atoms with Crippen molar-refractivity contribution in [1.82, 2.24) is 10.3 Å². The summed E-state index contributed by atoms with van der Waals surface area (Å²) in [5.74, 6) is 0. The Kier molecular flexibility index (Phi) is 4.34. The predicted molar refractivity (Wildman–Crippen MR) is 55.5 cm³/mol. The molecular weight excluding hydrogens is 202 g/mol. The summed E-state index contributed by atoms with van der Waals surface area (Å²) in [4.78, 5) is 15.2. The van der Waals surface area contributed by atoms with Gasteiger partial charge in [0.25, 0.3) is 0 Å². The molecule has 1 aromatic rings. The minimum absolute atomic E-state index is 0.135. The van der Waals surface area contributed by atoms with Gasteiger partial charge in [0, 0.05) is 31.7 Å². The first-order chi connectivity index (χ1) is 6.77. The van der Waals surface area contributed by atoms with Crippen molar-refractivity contribution in [2.45, 2.75) is 6.10 Å². The molecule has 1 aliphatic rings. The summed E-state index contributed by atoms with van der Waals surface area (Å²) in [5, 5.41) is 14.2. The van der Waals surface area contributed by atoms with E-state index in [9.17, 15) is 0 Å². The third kappa shape index (κ3) is 2.97. The van der Waals surface area contributed by atoms with Gasteiger partial charge >= 0.3 is 0 Å². The number of carbonyl (C=O) groups is 1. The lowest BCUT2D eigenvalue weighted by atomic mass is 10.2. The number of hydrogen-bond acceptors (Lipinski definition) is 5. The van der Waals surface area contributed by atoms with E-state index in [1.807, 2.05) is 5.38 Å². The monoisotopic (exact) mass is 215 g/mol. The summed E-state index contributed by atoms with van der Waals surface area (Å²) in [6.45, 7) is 1.49. The molecule has 0 aromatic carbocycles. The maximum Gasteiger partial charge on any atom is 0.206 e. The molecule has 2 N–H and O–H groups in total. The SMILES string of the molecule is CNC=O.OC1CN(c2nccs2)C1. The number of nitrogens with one attached hydrogen (secondary N) is 1. The Hall–Kier alpha value is -1.14. The second-order valence-corrected chi connectivity index (χ2v) is 3.65. The van der Waals surface area contributed by atoms with Crippen LogP contribution in [0.3, 0.4) is 0 Å². The van der Waals surface area contributed by atoms with Gasteiger partial charge in [0.05, 0.1) is 6.10 Å². The minimum Gasteiger partial charge on any atom is -0.389 e. The van der Waals surface area contributed by atoms with Crippen molar-refractivity contribution in [2.75, 3.05) is 25.0 Å². The van der Waals surface area contributed by atoms with Gasteiger partial charge in [-0.2, -0.15) is 0 Å². The van der Waals surface area contributed by atoms with E-state index < -0.39 is 0 Å². The number of anilines is 1. The second kappa shape index (κ2) is 5.56. The zero-order chi connectivity index (χ0) is 10.4. The van der Waals surface area contributed by atoms with E-state index in [4.69, 9.17) is 9.90 Å². The number of β-amino-alcohol motifs (C(OH)–C–C–N with tert-alkyl or cyclic N) is 1. The van der Waals surface area contributed by atoms with Gasteiger partial charge in [-0.3, -0.25) is 4.79 Å². The molecule has 1 aromatic heterocycles. The van der Waals surface area contributed by atoms with Crippen LogP contribution >= 0.6 is 11.3 Å². The molecule has 0 unspecified atom stereocenters. The van der Waals surface area contributed by atoms with E-state index in [0.717, 1.165) is 18.2 Å². The largest absolute Gasteiger partial charge is 0.389 e. The smallest absolute Gasteiger partial charge is 0.206 e. The van der Waals surface area contributed by atoms with Gasteiger partial charge in [0.2, 0.25) is 6.41 Å². The van der Waals surface area contributed by atoms with Crippen LogP contribution in [0, 0.1) is 0 Å². The van der Waals surface area contributed by atoms with E-state index in [1.54, 1.807) is 24.6 Å². The Morgan fingerprint density at radius 1 is 1.79 bits per heavy atom. The number of hydrogen-bond donors (Lipinski definition) is 2. The number of aromatic nitrogens is 1. The average Bonchev–Trinajstić information content (AvgIpc) is 2.66. The van der Waals surface area contributed by atoms with Crippen LogP contribution in [0.5, 0.6) is 0 Å². The first-order valence-corrected chi connectivity index (χ1v) is 5.09. The molecule has 6 heteroatoms. The molecule has 1 saturated heterocycles. The fourth-order valence-electron chi connectivity index (χ4n) is 0.984. The van der Waals surface area contributed by atoms with E-state index in [1.165, 1.54) is 0 Å². The molecular formula is C8H13N3O2S. The zero-order valence-electron chi connectivity index (χ0n) is 7.88. The fraction of sp³-hybridized carbons (Fsp3) is 0.500. The van der Waals surface area contributed by atoms with Crippen LogP contribution in [-0.4, -0.2) is 42.7 Å². The van der Waals surface area contributed by atoms with Crippen molar-refractivity contribution in [1.29, 1.82) is 0 Å². The second-order valence-electron chi connectivity index (χ2n) is 2.78. The molecule has 0 aliphatic carbocycles. The van der Waals surface area contributed by atoms with E-state index >= 15 is 0 Å². The number of nitrogens with zero attached hydrogens (tertiary/aromatic N) is 2. The number of aliphatic hydroxyl groups is 1. The first-order valence-electron chi connectivity index (χ1n) is 4.21. The molecule has 5 nitrogen and oxygen atoms in total. The Labute approximate surface area is 86.4 Å². The van der Waals surface area contributed by atoms with Gasteiger partial charge in [0.15, 0.2) is 5.13 Å². The molecule has 2 rings (SSSR count). The van der Waals surface area contributed by atoms with Gasteiger partial charge in [0.1, 0.15) is 0 Å². The van der Waals surface area contributed by atoms with Gasteiger partial charge in [-0.1, -0.05) is 0 Å². The van der Waals surface area contributed by atoms with E-state index in [-0.39, 0.29) is 6.10 Å². The summed E-state index contributed by atoms with van der Waals surface area (Å²) < 4.78 is 0. The molecule has 14 heavy (non-hydrogen) atoms. The normalized spacial score (nSPS) is 15.1. The lowest BCUT2D eigenvalue weighted by molar-refractivity contribution is -0.109.